The normalized spacial score (nSPS) is 10.2. The molecule has 0 spiro atoms. The minimum atomic E-state index is -0.610. The molecule has 0 aliphatic carbocycles. The number of ether oxygens (including phenoxy) is 2. The van der Waals surface area contributed by atoms with Gasteiger partial charge in [-0.15, -0.1) is 0 Å². The van der Waals surface area contributed by atoms with Gasteiger partial charge in [0.1, 0.15) is 12.1 Å². The Bertz CT molecular complexity index is 931. The third kappa shape index (κ3) is 3.66. The number of pyridine rings is 1. The quantitative estimate of drug-likeness (QED) is 0.528. The van der Waals surface area contributed by atoms with Gasteiger partial charge < -0.3 is 14.8 Å². The van der Waals surface area contributed by atoms with Crippen molar-refractivity contribution in [3.63, 3.8) is 0 Å². The monoisotopic (exact) mass is 353 g/mol. The van der Waals surface area contributed by atoms with E-state index in [0.717, 1.165) is 5.56 Å². The molecule has 0 radical (unpaired) electrons. The van der Waals surface area contributed by atoms with Gasteiger partial charge in [-0.2, -0.15) is 4.98 Å². The molecule has 0 aliphatic rings. The third-order valence-electron chi connectivity index (χ3n) is 3.40. The maximum Gasteiger partial charge on any atom is 0.373 e. The number of para-hydroxylation sites is 2. The van der Waals surface area contributed by atoms with Gasteiger partial charge in [0.05, 0.1) is 12.0 Å². The number of nitrogens with one attached hydrogen (secondary N) is 1. The zero-order valence-electron chi connectivity index (χ0n) is 14.0. The number of nitro groups is 1. The summed E-state index contributed by atoms with van der Waals surface area (Å²) in [5.74, 6) is 0.919. The first-order valence-electron chi connectivity index (χ1n) is 7.58. The topological polar surface area (TPSA) is 112 Å². The number of hydrogen-bond acceptors (Lipinski definition) is 8. The van der Waals surface area contributed by atoms with Crippen LogP contribution in [0.5, 0.6) is 17.4 Å². The van der Waals surface area contributed by atoms with Gasteiger partial charge in [0.15, 0.2) is 11.5 Å². The maximum atomic E-state index is 11.6. The van der Waals surface area contributed by atoms with Crippen LogP contribution in [0.2, 0.25) is 0 Å². The third-order valence-corrected chi connectivity index (χ3v) is 3.40. The fourth-order valence-electron chi connectivity index (χ4n) is 2.16. The molecule has 3 rings (SSSR count). The van der Waals surface area contributed by atoms with Crippen LogP contribution in [0.4, 0.5) is 17.3 Å². The lowest BCUT2D eigenvalue weighted by molar-refractivity contribution is -0.385. The van der Waals surface area contributed by atoms with Crippen molar-refractivity contribution in [1.29, 1.82) is 0 Å². The molecule has 1 N–H and O–H groups in total. The predicted molar refractivity (Wildman–Crippen MR) is 94.0 cm³/mol. The Morgan fingerprint density at radius 3 is 2.50 bits per heavy atom. The molecule has 3 aromatic rings. The highest BCUT2D eigenvalue weighted by Crippen LogP contribution is 2.37. The Morgan fingerprint density at radius 1 is 1.08 bits per heavy atom. The molecule has 26 heavy (non-hydrogen) atoms. The van der Waals surface area contributed by atoms with E-state index in [0.29, 0.717) is 17.3 Å². The molecule has 9 heteroatoms. The molecule has 0 atom stereocenters. The lowest BCUT2D eigenvalue weighted by Gasteiger charge is -2.11. The van der Waals surface area contributed by atoms with E-state index >= 15 is 0 Å². The number of aryl methyl sites for hydroxylation is 1. The molecule has 0 saturated heterocycles. The Hall–Kier alpha value is -3.75. The van der Waals surface area contributed by atoms with E-state index in [2.05, 4.69) is 20.3 Å². The summed E-state index contributed by atoms with van der Waals surface area (Å²) in [5.41, 5.74) is 0.564. The first-order valence-corrected chi connectivity index (χ1v) is 7.58. The molecule has 0 saturated carbocycles. The summed E-state index contributed by atoms with van der Waals surface area (Å²) in [6.07, 6.45) is 2.82. The van der Waals surface area contributed by atoms with E-state index in [9.17, 15) is 10.1 Å². The average Bonchev–Trinajstić information content (AvgIpc) is 2.64. The average molecular weight is 353 g/mol. The molecule has 0 amide bonds. The second kappa shape index (κ2) is 7.43. The second-order valence-corrected chi connectivity index (χ2v) is 5.23. The molecule has 2 heterocycles. The molecule has 1 aromatic carbocycles. The Labute approximate surface area is 148 Å². The summed E-state index contributed by atoms with van der Waals surface area (Å²) in [4.78, 5) is 23.0. The number of hydrogen-bond donors (Lipinski definition) is 1. The lowest BCUT2D eigenvalue weighted by atomic mass is 10.3. The number of nitrogens with zero attached hydrogens (tertiary/aromatic N) is 4. The summed E-state index contributed by atoms with van der Waals surface area (Å²) in [6.45, 7) is 1.89. The summed E-state index contributed by atoms with van der Waals surface area (Å²) in [6, 6.07) is 10.3. The number of rotatable bonds is 6. The first-order chi connectivity index (χ1) is 12.6. The van der Waals surface area contributed by atoms with Gasteiger partial charge in [0.25, 0.3) is 0 Å². The van der Waals surface area contributed by atoms with Gasteiger partial charge in [-0.25, -0.2) is 9.97 Å². The summed E-state index contributed by atoms with van der Waals surface area (Å²) < 4.78 is 10.8. The van der Waals surface area contributed by atoms with E-state index in [1.807, 2.05) is 13.0 Å². The SMILES string of the molecule is COc1ccccc1Oc1ncnc(Nc2ccc(C)cn2)c1[N+](=O)[O-]. The van der Waals surface area contributed by atoms with Gasteiger partial charge in [-0.1, -0.05) is 18.2 Å². The molecule has 0 bridgehead atoms. The van der Waals surface area contributed by atoms with Crippen molar-refractivity contribution in [2.75, 3.05) is 12.4 Å². The molecular weight excluding hydrogens is 338 g/mol. The zero-order valence-corrected chi connectivity index (χ0v) is 14.0. The van der Waals surface area contributed by atoms with Gasteiger partial charge in [-0.05, 0) is 30.7 Å². The van der Waals surface area contributed by atoms with Crippen LogP contribution in [0.25, 0.3) is 0 Å². The first kappa shape index (κ1) is 17.1. The Kier molecular flexibility index (Phi) is 4.88. The van der Waals surface area contributed by atoms with E-state index in [-0.39, 0.29) is 11.7 Å². The minimum Gasteiger partial charge on any atom is -0.493 e. The highest BCUT2D eigenvalue weighted by atomic mass is 16.6. The van der Waals surface area contributed by atoms with Crippen LogP contribution in [0.1, 0.15) is 5.56 Å². The molecule has 0 fully saturated rings. The van der Waals surface area contributed by atoms with Crippen molar-refractivity contribution in [1.82, 2.24) is 15.0 Å². The lowest BCUT2D eigenvalue weighted by Crippen LogP contribution is -2.04. The molecule has 132 valence electrons. The van der Waals surface area contributed by atoms with Crippen molar-refractivity contribution < 1.29 is 14.4 Å². The van der Waals surface area contributed by atoms with Crippen molar-refractivity contribution in [2.45, 2.75) is 6.92 Å². The summed E-state index contributed by atoms with van der Waals surface area (Å²) in [7, 11) is 1.48. The number of methoxy groups -OCH3 is 1. The van der Waals surface area contributed by atoms with E-state index < -0.39 is 10.6 Å². The van der Waals surface area contributed by atoms with Crippen LogP contribution in [-0.4, -0.2) is 27.0 Å². The zero-order chi connectivity index (χ0) is 18.5. The molecule has 0 aliphatic heterocycles. The highest BCUT2D eigenvalue weighted by Gasteiger charge is 2.26. The molecule has 0 unspecified atom stereocenters. The fourth-order valence-corrected chi connectivity index (χ4v) is 2.16. The minimum absolute atomic E-state index is 0.0220. The van der Waals surface area contributed by atoms with Crippen LogP contribution in [-0.2, 0) is 0 Å². The Balaban J connectivity index is 1.98. The van der Waals surface area contributed by atoms with Crippen LogP contribution < -0.4 is 14.8 Å². The van der Waals surface area contributed by atoms with Crippen molar-refractivity contribution in [2.24, 2.45) is 0 Å². The standard InChI is InChI=1S/C17H15N5O4/c1-11-7-8-14(18-9-11)21-16-15(22(23)24)17(20-10-19-16)26-13-6-4-3-5-12(13)25-2/h3-10H,1-2H3,(H,18,19,20,21). The van der Waals surface area contributed by atoms with Crippen LogP contribution in [0.15, 0.2) is 48.9 Å². The number of anilines is 2. The Morgan fingerprint density at radius 2 is 1.85 bits per heavy atom. The van der Waals surface area contributed by atoms with Crippen LogP contribution in [0.3, 0.4) is 0 Å². The van der Waals surface area contributed by atoms with Crippen molar-refractivity contribution >= 4 is 17.3 Å². The summed E-state index contributed by atoms with van der Waals surface area (Å²) >= 11 is 0. The van der Waals surface area contributed by atoms with Crippen LogP contribution in [0, 0.1) is 17.0 Å². The molecular formula is C17H15N5O4. The fraction of sp³-hybridized carbons (Fsp3) is 0.118. The molecule has 2 aromatic heterocycles. The van der Waals surface area contributed by atoms with Gasteiger partial charge in [0, 0.05) is 6.20 Å². The number of aromatic nitrogens is 3. The van der Waals surface area contributed by atoms with Gasteiger partial charge in [-0.3, -0.25) is 10.1 Å². The van der Waals surface area contributed by atoms with E-state index in [4.69, 9.17) is 9.47 Å². The van der Waals surface area contributed by atoms with E-state index in [1.165, 1.54) is 13.4 Å². The van der Waals surface area contributed by atoms with Gasteiger partial charge in [0.2, 0.25) is 5.82 Å². The second-order valence-electron chi connectivity index (χ2n) is 5.23. The maximum absolute atomic E-state index is 11.6. The number of benzene rings is 1. The highest BCUT2D eigenvalue weighted by molar-refractivity contribution is 5.67. The largest absolute Gasteiger partial charge is 0.493 e. The smallest absolute Gasteiger partial charge is 0.373 e. The van der Waals surface area contributed by atoms with Crippen molar-refractivity contribution in [3.05, 3.63) is 64.6 Å². The van der Waals surface area contributed by atoms with E-state index in [1.54, 1.807) is 36.5 Å². The molecule has 9 nitrogen and oxygen atoms in total. The van der Waals surface area contributed by atoms with Gasteiger partial charge >= 0.3 is 11.6 Å². The van der Waals surface area contributed by atoms with Crippen molar-refractivity contribution in [3.8, 4) is 17.4 Å². The predicted octanol–water partition coefficient (Wildman–Crippen LogP) is 3.63. The summed E-state index contributed by atoms with van der Waals surface area (Å²) in [5, 5.41) is 14.4. The van der Waals surface area contributed by atoms with Crippen LogP contribution >= 0.6 is 0 Å².